The molecule has 2 heterocycles. The molecule has 0 spiro atoms. The molecule has 3 N–H and O–H groups in total. The molecule has 1 aliphatic heterocycles. The van der Waals surface area contributed by atoms with Crippen LogP contribution < -0.4 is 10.5 Å². The van der Waals surface area contributed by atoms with Gasteiger partial charge in [0, 0.05) is 19.7 Å². The molecule has 1 atom stereocenters. The first-order chi connectivity index (χ1) is 8.62. The first-order valence-corrected chi connectivity index (χ1v) is 8.37. The van der Waals surface area contributed by atoms with Crippen molar-refractivity contribution in [2.24, 2.45) is 5.73 Å². The monoisotopic (exact) mass is 290 g/mol. The van der Waals surface area contributed by atoms with E-state index in [1.165, 1.54) is 11.3 Å². The van der Waals surface area contributed by atoms with E-state index in [0.29, 0.717) is 17.3 Å². The van der Waals surface area contributed by atoms with Crippen molar-refractivity contribution in [1.29, 1.82) is 0 Å². The van der Waals surface area contributed by atoms with Crippen molar-refractivity contribution >= 4 is 21.4 Å². The molecule has 18 heavy (non-hydrogen) atoms. The predicted molar refractivity (Wildman–Crippen MR) is 71.0 cm³/mol. The maximum Gasteiger partial charge on any atom is 0.250 e. The van der Waals surface area contributed by atoms with Crippen LogP contribution in [0.2, 0.25) is 0 Å². The van der Waals surface area contributed by atoms with Gasteiger partial charge in [-0.05, 0) is 36.3 Å². The van der Waals surface area contributed by atoms with E-state index in [0.717, 1.165) is 31.4 Å². The minimum Gasteiger partial charge on any atom is -0.377 e. The summed E-state index contributed by atoms with van der Waals surface area (Å²) < 4.78 is 32.4. The molecule has 2 rings (SSSR count). The Kier molecular flexibility index (Phi) is 4.74. The molecular weight excluding hydrogens is 272 g/mol. The molecule has 1 aromatic heterocycles. The zero-order valence-electron chi connectivity index (χ0n) is 10.1. The van der Waals surface area contributed by atoms with E-state index in [1.807, 2.05) is 0 Å². The van der Waals surface area contributed by atoms with Gasteiger partial charge in [-0.2, -0.15) is 0 Å². The van der Waals surface area contributed by atoms with Crippen molar-refractivity contribution in [3.05, 3.63) is 17.0 Å². The summed E-state index contributed by atoms with van der Waals surface area (Å²) in [4.78, 5) is 0. The standard InChI is InChI=1S/C11H18N2O3S2/c12-6-9-5-11(17-8-9)18(14,15)13-7-10-3-1-2-4-16-10/h5,8,10,13H,1-4,6-7,12H2. The number of nitrogens with two attached hydrogens (primary N) is 1. The highest BCUT2D eigenvalue weighted by Gasteiger charge is 2.20. The van der Waals surface area contributed by atoms with Gasteiger partial charge in [0.1, 0.15) is 4.21 Å². The summed E-state index contributed by atoms with van der Waals surface area (Å²) in [5.41, 5.74) is 6.31. The summed E-state index contributed by atoms with van der Waals surface area (Å²) in [5, 5.41) is 1.77. The smallest absolute Gasteiger partial charge is 0.250 e. The number of hydrogen-bond donors (Lipinski definition) is 2. The lowest BCUT2D eigenvalue weighted by Gasteiger charge is -2.22. The topological polar surface area (TPSA) is 81.4 Å². The van der Waals surface area contributed by atoms with Gasteiger partial charge < -0.3 is 10.5 Å². The highest BCUT2D eigenvalue weighted by molar-refractivity contribution is 7.91. The van der Waals surface area contributed by atoms with Crippen molar-refractivity contribution in [3.63, 3.8) is 0 Å². The molecule has 0 bridgehead atoms. The first kappa shape index (κ1) is 14.0. The van der Waals surface area contributed by atoms with E-state index in [2.05, 4.69) is 4.72 Å². The summed E-state index contributed by atoms with van der Waals surface area (Å²) in [6, 6.07) is 1.62. The van der Waals surface area contributed by atoms with Crippen LogP contribution in [0, 0.1) is 0 Å². The van der Waals surface area contributed by atoms with E-state index in [4.69, 9.17) is 10.5 Å². The van der Waals surface area contributed by atoms with Gasteiger partial charge in [-0.3, -0.25) is 0 Å². The van der Waals surface area contributed by atoms with Gasteiger partial charge in [-0.1, -0.05) is 0 Å². The predicted octanol–water partition coefficient (Wildman–Crippen LogP) is 1.05. The molecule has 1 fully saturated rings. The molecule has 0 aliphatic carbocycles. The van der Waals surface area contributed by atoms with Crippen molar-refractivity contribution in [2.45, 2.75) is 36.1 Å². The highest BCUT2D eigenvalue weighted by atomic mass is 32.2. The molecule has 0 aromatic carbocycles. The van der Waals surface area contributed by atoms with Gasteiger partial charge in [0.15, 0.2) is 0 Å². The highest BCUT2D eigenvalue weighted by Crippen LogP contribution is 2.20. The van der Waals surface area contributed by atoms with Crippen molar-refractivity contribution in [2.75, 3.05) is 13.2 Å². The van der Waals surface area contributed by atoms with Crippen LogP contribution in [0.4, 0.5) is 0 Å². The minimum atomic E-state index is -3.42. The third-order valence-electron chi connectivity index (χ3n) is 2.91. The molecule has 1 aliphatic rings. The summed E-state index contributed by atoms with van der Waals surface area (Å²) in [6.45, 7) is 1.43. The summed E-state index contributed by atoms with van der Waals surface area (Å²) in [5.74, 6) is 0. The van der Waals surface area contributed by atoms with Crippen molar-refractivity contribution in [3.8, 4) is 0 Å². The second-order valence-corrected chi connectivity index (χ2v) is 7.22. The van der Waals surface area contributed by atoms with Gasteiger partial charge in [0.25, 0.3) is 0 Å². The van der Waals surface area contributed by atoms with Gasteiger partial charge in [-0.15, -0.1) is 11.3 Å². The maximum absolute atomic E-state index is 12.0. The Morgan fingerprint density at radius 2 is 2.33 bits per heavy atom. The Bertz CT molecular complexity index is 478. The van der Waals surface area contributed by atoms with E-state index in [9.17, 15) is 8.42 Å². The Labute approximate surface area is 111 Å². The van der Waals surface area contributed by atoms with Gasteiger partial charge in [0.05, 0.1) is 6.10 Å². The fourth-order valence-corrected chi connectivity index (χ4v) is 4.18. The Balaban J connectivity index is 1.94. The number of ether oxygens (including phenoxy) is 1. The number of hydrogen-bond acceptors (Lipinski definition) is 5. The van der Waals surface area contributed by atoms with Gasteiger partial charge in [0.2, 0.25) is 10.0 Å². The maximum atomic E-state index is 12.0. The molecule has 7 heteroatoms. The molecule has 5 nitrogen and oxygen atoms in total. The van der Waals surface area contributed by atoms with E-state index in [1.54, 1.807) is 11.4 Å². The number of nitrogens with one attached hydrogen (secondary N) is 1. The molecular formula is C11H18N2O3S2. The zero-order valence-corrected chi connectivity index (χ0v) is 11.7. The summed E-state index contributed by atoms with van der Waals surface area (Å²) in [6.07, 6.45) is 3.08. The first-order valence-electron chi connectivity index (χ1n) is 6.00. The Morgan fingerprint density at radius 1 is 1.50 bits per heavy atom. The van der Waals surface area contributed by atoms with Crippen molar-refractivity contribution in [1.82, 2.24) is 4.72 Å². The molecule has 0 amide bonds. The average molecular weight is 290 g/mol. The van der Waals surface area contributed by atoms with E-state index in [-0.39, 0.29) is 6.10 Å². The minimum absolute atomic E-state index is 0.00228. The van der Waals surface area contributed by atoms with Crippen LogP contribution in [0.3, 0.4) is 0 Å². The normalized spacial score (nSPS) is 21.1. The van der Waals surface area contributed by atoms with Crippen LogP contribution in [0.15, 0.2) is 15.7 Å². The largest absolute Gasteiger partial charge is 0.377 e. The zero-order chi connectivity index (χ0) is 13.0. The van der Waals surface area contributed by atoms with Crippen LogP contribution in [0.5, 0.6) is 0 Å². The Morgan fingerprint density at radius 3 is 2.94 bits per heavy atom. The van der Waals surface area contributed by atoms with Crippen LogP contribution >= 0.6 is 11.3 Å². The summed E-state index contributed by atoms with van der Waals surface area (Å²) >= 11 is 1.20. The van der Waals surface area contributed by atoms with E-state index < -0.39 is 10.0 Å². The van der Waals surface area contributed by atoms with Crippen molar-refractivity contribution < 1.29 is 13.2 Å². The lowest BCUT2D eigenvalue weighted by molar-refractivity contribution is 0.0200. The molecule has 0 saturated carbocycles. The average Bonchev–Trinajstić information content (AvgIpc) is 2.87. The van der Waals surface area contributed by atoms with Gasteiger partial charge >= 0.3 is 0 Å². The van der Waals surface area contributed by atoms with Crippen LogP contribution in [-0.4, -0.2) is 27.7 Å². The summed E-state index contributed by atoms with van der Waals surface area (Å²) in [7, 11) is -3.42. The fraction of sp³-hybridized carbons (Fsp3) is 0.636. The van der Waals surface area contributed by atoms with Gasteiger partial charge in [-0.25, -0.2) is 13.1 Å². The van der Waals surface area contributed by atoms with E-state index >= 15 is 0 Å². The quantitative estimate of drug-likeness (QED) is 0.849. The third kappa shape index (κ3) is 3.52. The second kappa shape index (κ2) is 6.12. The molecule has 1 aromatic rings. The lowest BCUT2D eigenvalue weighted by atomic mass is 10.1. The molecule has 102 valence electrons. The van der Waals surface area contributed by atoms with Crippen LogP contribution in [0.1, 0.15) is 24.8 Å². The molecule has 0 radical (unpaired) electrons. The Hall–Kier alpha value is -0.470. The second-order valence-electron chi connectivity index (χ2n) is 4.32. The number of rotatable bonds is 5. The number of thiophene rings is 1. The van der Waals surface area contributed by atoms with Crippen LogP contribution in [0.25, 0.3) is 0 Å². The van der Waals surface area contributed by atoms with Crippen LogP contribution in [-0.2, 0) is 21.3 Å². The third-order valence-corrected chi connectivity index (χ3v) is 5.82. The molecule has 1 saturated heterocycles. The fourth-order valence-electron chi connectivity index (χ4n) is 1.84. The SMILES string of the molecule is NCc1csc(S(=O)(=O)NCC2CCCCO2)c1. The number of sulfonamides is 1. The lowest BCUT2D eigenvalue weighted by Crippen LogP contribution is -2.35. The molecule has 1 unspecified atom stereocenters.